The van der Waals surface area contributed by atoms with Gasteiger partial charge in [0.15, 0.2) is 6.10 Å². The molecule has 1 aromatic rings. The standard InChI is InChI=1S/C10H14F3N3O/c1-6(2)7-3-9(16-5-15-7)14-4-8(17)10(11,12)13/h3,5-6,8,17H,4H2,1-2H3,(H,14,15,16). The van der Waals surface area contributed by atoms with Crippen molar-refractivity contribution in [2.45, 2.75) is 32.0 Å². The van der Waals surface area contributed by atoms with Crippen LogP contribution in [0, 0.1) is 0 Å². The minimum atomic E-state index is -4.62. The van der Waals surface area contributed by atoms with Gasteiger partial charge in [0, 0.05) is 11.8 Å². The molecule has 0 saturated carbocycles. The number of aliphatic hydroxyl groups is 1. The smallest absolute Gasteiger partial charge is 0.382 e. The number of hydrogen-bond acceptors (Lipinski definition) is 4. The molecule has 96 valence electrons. The lowest BCUT2D eigenvalue weighted by Crippen LogP contribution is -2.35. The van der Waals surface area contributed by atoms with Crippen LogP contribution in [0.15, 0.2) is 12.4 Å². The molecule has 4 nitrogen and oxygen atoms in total. The van der Waals surface area contributed by atoms with Crippen molar-refractivity contribution < 1.29 is 18.3 Å². The molecule has 7 heteroatoms. The zero-order valence-electron chi connectivity index (χ0n) is 9.49. The van der Waals surface area contributed by atoms with E-state index in [2.05, 4.69) is 15.3 Å². The van der Waals surface area contributed by atoms with Crippen LogP contribution in [0.25, 0.3) is 0 Å². The molecule has 0 amide bonds. The van der Waals surface area contributed by atoms with Crippen molar-refractivity contribution in [3.8, 4) is 0 Å². The van der Waals surface area contributed by atoms with Gasteiger partial charge in [-0.25, -0.2) is 9.97 Å². The number of nitrogens with one attached hydrogen (secondary N) is 1. The van der Waals surface area contributed by atoms with Crippen LogP contribution < -0.4 is 5.32 Å². The fraction of sp³-hybridized carbons (Fsp3) is 0.600. The summed E-state index contributed by atoms with van der Waals surface area (Å²) < 4.78 is 36.1. The van der Waals surface area contributed by atoms with Gasteiger partial charge in [-0.15, -0.1) is 0 Å². The van der Waals surface area contributed by atoms with E-state index in [1.807, 2.05) is 13.8 Å². The topological polar surface area (TPSA) is 58.0 Å². The molecule has 1 rings (SSSR count). The maximum atomic E-state index is 12.0. The number of alkyl halides is 3. The number of rotatable bonds is 4. The second kappa shape index (κ2) is 5.31. The Labute approximate surface area is 96.9 Å². The van der Waals surface area contributed by atoms with Crippen LogP contribution in [0.2, 0.25) is 0 Å². The quantitative estimate of drug-likeness (QED) is 0.856. The molecule has 0 saturated heterocycles. The van der Waals surface area contributed by atoms with Gasteiger partial charge in [-0.2, -0.15) is 13.2 Å². The average Bonchev–Trinajstić information content (AvgIpc) is 2.25. The Hall–Kier alpha value is -1.37. The normalized spacial score (nSPS) is 13.8. The van der Waals surface area contributed by atoms with Crippen molar-refractivity contribution >= 4 is 5.82 Å². The zero-order chi connectivity index (χ0) is 13.1. The maximum Gasteiger partial charge on any atom is 0.416 e. The molecule has 17 heavy (non-hydrogen) atoms. The summed E-state index contributed by atoms with van der Waals surface area (Å²) in [7, 11) is 0. The van der Waals surface area contributed by atoms with Gasteiger partial charge in [-0.05, 0) is 5.92 Å². The fourth-order valence-corrected chi connectivity index (χ4v) is 1.10. The number of nitrogens with zero attached hydrogens (tertiary/aromatic N) is 2. The highest BCUT2D eigenvalue weighted by Gasteiger charge is 2.37. The molecular weight excluding hydrogens is 235 g/mol. The SMILES string of the molecule is CC(C)c1cc(NCC(O)C(F)(F)F)ncn1. The molecule has 0 fully saturated rings. The lowest BCUT2D eigenvalue weighted by Gasteiger charge is -2.15. The van der Waals surface area contributed by atoms with Gasteiger partial charge in [0.1, 0.15) is 12.1 Å². The van der Waals surface area contributed by atoms with E-state index in [0.29, 0.717) is 0 Å². The largest absolute Gasteiger partial charge is 0.416 e. The van der Waals surface area contributed by atoms with Gasteiger partial charge in [0.2, 0.25) is 0 Å². The molecule has 2 N–H and O–H groups in total. The highest BCUT2D eigenvalue weighted by molar-refractivity contribution is 5.35. The molecule has 0 bridgehead atoms. The molecule has 1 aromatic heterocycles. The van der Waals surface area contributed by atoms with Crippen molar-refractivity contribution in [1.82, 2.24) is 9.97 Å². The Morgan fingerprint density at radius 1 is 1.35 bits per heavy atom. The third-order valence-corrected chi connectivity index (χ3v) is 2.13. The number of aromatic nitrogens is 2. The monoisotopic (exact) mass is 249 g/mol. The molecule has 1 atom stereocenters. The summed E-state index contributed by atoms with van der Waals surface area (Å²) in [6.45, 7) is 3.20. The van der Waals surface area contributed by atoms with Gasteiger partial charge in [0.25, 0.3) is 0 Å². The van der Waals surface area contributed by atoms with Crippen LogP contribution in [-0.4, -0.2) is 33.9 Å². The van der Waals surface area contributed by atoms with Crippen molar-refractivity contribution in [3.63, 3.8) is 0 Å². The van der Waals surface area contributed by atoms with E-state index < -0.39 is 18.8 Å². The van der Waals surface area contributed by atoms with Crippen molar-refractivity contribution in [1.29, 1.82) is 0 Å². The molecule has 0 aliphatic rings. The molecule has 0 radical (unpaired) electrons. The second-order valence-electron chi connectivity index (χ2n) is 3.92. The second-order valence-corrected chi connectivity index (χ2v) is 3.92. The van der Waals surface area contributed by atoms with Crippen molar-refractivity contribution in [2.24, 2.45) is 0 Å². The lowest BCUT2D eigenvalue weighted by molar-refractivity contribution is -0.198. The summed E-state index contributed by atoms with van der Waals surface area (Å²) in [6, 6.07) is 1.56. The Balaban J connectivity index is 2.61. The van der Waals surface area contributed by atoms with E-state index in [1.165, 1.54) is 6.33 Å². The minimum absolute atomic E-state index is 0.158. The number of hydrogen-bond donors (Lipinski definition) is 2. The average molecular weight is 249 g/mol. The minimum Gasteiger partial charge on any atom is -0.382 e. The molecule has 0 spiro atoms. The summed E-state index contributed by atoms with van der Waals surface area (Å²) >= 11 is 0. The molecule has 0 aliphatic heterocycles. The third kappa shape index (κ3) is 4.18. The van der Waals surface area contributed by atoms with E-state index in [0.717, 1.165) is 5.69 Å². The Morgan fingerprint density at radius 3 is 2.53 bits per heavy atom. The van der Waals surface area contributed by atoms with Crippen LogP contribution in [0.3, 0.4) is 0 Å². The lowest BCUT2D eigenvalue weighted by atomic mass is 10.1. The first-order chi connectivity index (χ1) is 7.80. The summed E-state index contributed by atoms with van der Waals surface area (Å²) in [6.07, 6.45) is -5.75. The van der Waals surface area contributed by atoms with Gasteiger partial charge >= 0.3 is 6.18 Å². The first kappa shape index (κ1) is 13.7. The van der Waals surface area contributed by atoms with Crippen LogP contribution >= 0.6 is 0 Å². The van der Waals surface area contributed by atoms with Gasteiger partial charge in [0.05, 0.1) is 6.54 Å². The summed E-state index contributed by atoms with van der Waals surface area (Å²) in [5.41, 5.74) is 0.726. The summed E-state index contributed by atoms with van der Waals surface area (Å²) in [4.78, 5) is 7.75. The first-order valence-corrected chi connectivity index (χ1v) is 5.11. The first-order valence-electron chi connectivity index (χ1n) is 5.11. The van der Waals surface area contributed by atoms with E-state index in [9.17, 15) is 13.2 Å². The zero-order valence-corrected chi connectivity index (χ0v) is 9.49. The highest BCUT2D eigenvalue weighted by Crippen LogP contribution is 2.20. The van der Waals surface area contributed by atoms with Gasteiger partial charge in [-0.1, -0.05) is 13.8 Å². The number of halogens is 3. The summed E-state index contributed by atoms with van der Waals surface area (Å²) in [5, 5.41) is 11.2. The number of aliphatic hydroxyl groups excluding tert-OH is 1. The third-order valence-electron chi connectivity index (χ3n) is 2.13. The maximum absolute atomic E-state index is 12.0. The Morgan fingerprint density at radius 2 is 2.00 bits per heavy atom. The molecule has 0 aliphatic carbocycles. The van der Waals surface area contributed by atoms with E-state index in [1.54, 1.807) is 6.07 Å². The van der Waals surface area contributed by atoms with Gasteiger partial charge < -0.3 is 10.4 Å². The molecule has 1 heterocycles. The molecular formula is C10H14F3N3O. The number of anilines is 1. The van der Waals surface area contributed by atoms with Gasteiger partial charge in [-0.3, -0.25) is 0 Å². The van der Waals surface area contributed by atoms with E-state index >= 15 is 0 Å². The molecule has 0 aromatic carbocycles. The van der Waals surface area contributed by atoms with Crippen LogP contribution in [0.4, 0.5) is 19.0 Å². The van der Waals surface area contributed by atoms with E-state index in [4.69, 9.17) is 5.11 Å². The van der Waals surface area contributed by atoms with Crippen molar-refractivity contribution in [2.75, 3.05) is 11.9 Å². The predicted octanol–water partition coefficient (Wildman–Crippen LogP) is 1.94. The Kier molecular flexibility index (Phi) is 4.28. The molecule has 1 unspecified atom stereocenters. The van der Waals surface area contributed by atoms with Crippen molar-refractivity contribution in [3.05, 3.63) is 18.1 Å². The fourth-order valence-electron chi connectivity index (χ4n) is 1.10. The Bertz CT molecular complexity index is 368. The highest BCUT2D eigenvalue weighted by atomic mass is 19.4. The van der Waals surface area contributed by atoms with Crippen LogP contribution in [0.5, 0.6) is 0 Å². The predicted molar refractivity (Wildman–Crippen MR) is 56.7 cm³/mol. The van der Waals surface area contributed by atoms with Crippen LogP contribution in [0.1, 0.15) is 25.5 Å². The van der Waals surface area contributed by atoms with Crippen LogP contribution in [-0.2, 0) is 0 Å². The van der Waals surface area contributed by atoms with E-state index in [-0.39, 0.29) is 11.7 Å². The summed E-state index contributed by atoms with van der Waals surface area (Å²) in [5.74, 6) is 0.429.